The molecule has 7 heteroatoms. The standard InChI is InChI=1S/C43H42N4O2.Pt/c1-6-8-15-36-29(3)23-30(4)37(16-9-7-2)43(36)31-27-45-46(28-31)32-13-12-14-34(24-32)49-35-19-20-39-38-17-10-11-18-40(38)47(41(39)25-35)42-26-33(48-5)21-22-44-42;/h10-14,17-23,26-28H,6-9,15-16H2,1-5H3;/q-2;+2. The smallest absolute Gasteiger partial charge is 0.509 e. The molecule has 0 fully saturated rings. The van der Waals surface area contributed by atoms with E-state index in [1.54, 1.807) is 13.3 Å². The Morgan fingerprint density at radius 1 is 0.780 bits per heavy atom. The molecule has 256 valence electrons. The molecule has 0 amide bonds. The number of fused-ring (bicyclic) bond motifs is 3. The van der Waals surface area contributed by atoms with Gasteiger partial charge in [-0.25, -0.2) is 4.98 Å². The maximum atomic E-state index is 6.42. The number of para-hydroxylation sites is 1. The van der Waals surface area contributed by atoms with Crippen LogP contribution in [0.4, 0.5) is 0 Å². The number of unbranched alkanes of at least 4 members (excludes halogenated alkanes) is 2. The normalized spacial score (nSPS) is 11.2. The third-order valence-corrected chi connectivity index (χ3v) is 9.38. The van der Waals surface area contributed by atoms with Crippen LogP contribution in [0.2, 0.25) is 0 Å². The third kappa shape index (κ3) is 6.87. The van der Waals surface area contributed by atoms with Gasteiger partial charge in [-0.3, -0.25) is 4.68 Å². The van der Waals surface area contributed by atoms with Crippen LogP contribution in [-0.4, -0.2) is 26.4 Å². The summed E-state index contributed by atoms with van der Waals surface area (Å²) >= 11 is 0. The van der Waals surface area contributed by atoms with Gasteiger partial charge in [-0.2, -0.15) is 17.2 Å². The Kier molecular flexibility index (Phi) is 10.9. The Morgan fingerprint density at radius 2 is 1.52 bits per heavy atom. The molecule has 0 bridgehead atoms. The first-order valence-electron chi connectivity index (χ1n) is 17.3. The summed E-state index contributed by atoms with van der Waals surface area (Å²) < 4.78 is 15.9. The van der Waals surface area contributed by atoms with Crippen molar-refractivity contribution in [3.05, 3.63) is 126 Å². The number of ether oxygens (including phenoxy) is 2. The fraction of sp³-hybridized carbons (Fsp3) is 0.256. The Morgan fingerprint density at radius 3 is 2.26 bits per heavy atom. The van der Waals surface area contributed by atoms with E-state index < -0.39 is 0 Å². The topological polar surface area (TPSA) is 54.1 Å². The number of pyridine rings is 1. The van der Waals surface area contributed by atoms with E-state index in [0.29, 0.717) is 11.5 Å². The van der Waals surface area contributed by atoms with Gasteiger partial charge in [0, 0.05) is 41.0 Å². The van der Waals surface area contributed by atoms with Gasteiger partial charge in [-0.1, -0.05) is 56.5 Å². The zero-order valence-corrected chi connectivity index (χ0v) is 31.6. The predicted molar refractivity (Wildman–Crippen MR) is 199 cm³/mol. The van der Waals surface area contributed by atoms with E-state index in [1.165, 1.54) is 53.5 Å². The molecular formula is C43H42N4O2Pt. The fourth-order valence-electron chi connectivity index (χ4n) is 6.93. The third-order valence-electron chi connectivity index (χ3n) is 9.38. The monoisotopic (exact) mass is 841 g/mol. The Balaban J connectivity index is 0.00000432. The molecular weight excluding hydrogens is 800 g/mol. The predicted octanol–water partition coefficient (Wildman–Crippen LogP) is 10.7. The second-order valence-corrected chi connectivity index (χ2v) is 12.7. The molecule has 3 heterocycles. The number of hydrogen-bond acceptors (Lipinski definition) is 4. The molecule has 0 saturated carbocycles. The fourth-order valence-corrected chi connectivity index (χ4v) is 6.93. The largest absolute Gasteiger partial charge is 2.00 e. The first kappa shape index (κ1) is 35.2. The Labute approximate surface area is 309 Å². The van der Waals surface area contributed by atoms with Crippen LogP contribution in [0.1, 0.15) is 61.8 Å². The SMILES string of the molecule is CCCCc1c(C)cc(C)c(CCCC)c1-c1cnn(-c2[c-]c(Oc3[c-]c4c(cc3)c3ccccc3n4-c3cc(OC)ccn3)ccc2)c1.[Pt+2]. The average Bonchev–Trinajstić information content (AvgIpc) is 3.74. The number of aryl methyl sites for hydroxylation is 2. The summed E-state index contributed by atoms with van der Waals surface area (Å²) in [6.07, 6.45) is 12.7. The Bertz CT molecular complexity index is 2240. The quantitative estimate of drug-likeness (QED) is 0.115. The summed E-state index contributed by atoms with van der Waals surface area (Å²) in [4.78, 5) is 4.67. The van der Waals surface area contributed by atoms with Crippen LogP contribution < -0.4 is 9.47 Å². The van der Waals surface area contributed by atoms with Crippen molar-refractivity contribution in [2.75, 3.05) is 7.11 Å². The molecule has 0 spiro atoms. The van der Waals surface area contributed by atoms with Crippen LogP contribution in [-0.2, 0) is 33.9 Å². The van der Waals surface area contributed by atoms with Crippen molar-refractivity contribution in [2.45, 2.75) is 66.2 Å². The van der Waals surface area contributed by atoms with Crippen molar-refractivity contribution in [3.63, 3.8) is 0 Å². The van der Waals surface area contributed by atoms with Gasteiger partial charge in [0.15, 0.2) is 0 Å². The Hall–Kier alpha value is -4.67. The molecule has 4 aromatic carbocycles. The van der Waals surface area contributed by atoms with E-state index >= 15 is 0 Å². The molecule has 0 unspecified atom stereocenters. The van der Waals surface area contributed by atoms with Crippen LogP contribution in [0, 0.1) is 26.0 Å². The molecule has 7 rings (SSSR count). The van der Waals surface area contributed by atoms with E-state index in [-0.39, 0.29) is 21.1 Å². The summed E-state index contributed by atoms with van der Waals surface area (Å²) in [5.74, 6) is 2.67. The first-order chi connectivity index (χ1) is 24.0. The minimum absolute atomic E-state index is 0. The minimum Gasteiger partial charge on any atom is -0.509 e. The molecule has 0 atom stereocenters. The maximum absolute atomic E-state index is 6.42. The van der Waals surface area contributed by atoms with Gasteiger partial charge in [-0.05, 0) is 90.6 Å². The van der Waals surface area contributed by atoms with Crippen molar-refractivity contribution in [2.24, 2.45) is 0 Å². The van der Waals surface area contributed by atoms with Crippen molar-refractivity contribution in [1.82, 2.24) is 19.3 Å². The molecule has 50 heavy (non-hydrogen) atoms. The van der Waals surface area contributed by atoms with Crippen LogP contribution >= 0.6 is 0 Å². The molecule has 0 N–H and O–H groups in total. The van der Waals surface area contributed by atoms with Gasteiger partial charge in [0.05, 0.1) is 13.3 Å². The molecule has 0 saturated heterocycles. The number of benzene rings is 4. The van der Waals surface area contributed by atoms with Gasteiger partial charge < -0.3 is 14.0 Å². The second-order valence-electron chi connectivity index (χ2n) is 12.7. The van der Waals surface area contributed by atoms with Crippen molar-refractivity contribution < 1.29 is 30.5 Å². The summed E-state index contributed by atoms with van der Waals surface area (Å²) in [5.41, 5.74) is 10.9. The van der Waals surface area contributed by atoms with Gasteiger partial charge in [-0.15, -0.1) is 35.7 Å². The molecule has 0 aliphatic rings. The van der Waals surface area contributed by atoms with Gasteiger partial charge in [0.25, 0.3) is 0 Å². The summed E-state index contributed by atoms with van der Waals surface area (Å²) in [6.45, 7) is 9.03. The summed E-state index contributed by atoms with van der Waals surface area (Å²) in [7, 11) is 1.66. The molecule has 3 aromatic heterocycles. The minimum atomic E-state index is 0. The van der Waals surface area contributed by atoms with Crippen LogP contribution in [0.5, 0.6) is 17.2 Å². The summed E-state index contributed by atoms with van der Waals surface area (Å²) in [5, 5.41) is 7.02. The van der Waals surface area contributed by atoms with Crippen LogP contribution in [0.15, 0.2) is 91.4 Å². The van der Waals surface area contributed by atoms with Crippen LogP contribution in [0.25, 0.3) is 44.4 Å². The van der Waals surface area contributed by atoms with Crippen LogP contribution in [0.3, 0.4) is 0 Å². The molecule has 6 nitrogen and oxygen atoms in total. The number of aromatic nitrogens is 4. The maximum Gasteiger partial charge on any atom is 2.00 e. The summed E-state index contributed by atoms with van der Waals surface area (Å²) in [6, 6.07) is 31.4. The van der Waals surface area contributed by atoms with E-state index in [4.69, 9.17) is 14.6 Å². The molecule has 0 aliphatic heterocycles. The van der Waals surface area contributed by atoms with Crippen molar-refractivity contribution >= 4 is 21.8 Å². The first-order valence-corrected chi connectivity index (χ1v) is 17.3. The van der Waals surface area contributed by atoms with Gasteiger partial charge in [0.2, 0.25) is 0 Å². The number of methoxy groups -OCH3 is 1. The van der Waals surface area contributed by atoms with E-state index in [1.807, 2.05) is 53.3 Å². The number of nitrogens with zero attached hydrogens (tertiary/aromatic N) is 4. The van der Waals surface area contributed by atoms with Crippen molar-refractivity contribution in [1.29, 1.82) is 0 Å². The van der Waals surface area contributed by atoms with E-state index in [9.17, 15) is 0 Å². The average molecular weight is 842 g/mol. The molecule has 0 aliphatic carbocycles. The van der Waals surface area contributed by atoms with Gasteiger partial charge >= 0.3 is 21.1 Å². The molecule has 0 radical (unpaired) electrons. The zero-order valence-electron chi connectivity index (χ0n) is 29.3. The second kappa shape index (κ2) is 15.5. The van der Waals surface area contributed by atoms with E-state index in [2.05, 4.69) is 85.9 Å². The zero-order chi connectivity index (χ0) is 33.9. The number of rotatable bonds is 12. The number of hydrogen-bond donors (Lipinski definition) is 0. The van der Waals surface area contributed by atoms with E-state index in [0.717, 1.165) is 57.5 Å². The van der Waals surface area contributed by atoms with Gasteiger partial charge in [0.1, 0.15) is 11.6 Å². The van der Waals surface area contributed by atoms with Crippen molar-refractivity contribution in [3.8, 4) is 39.9 Å². The molecule has 7 aromatic rings.